The largest absolute Gasteiger partial charge is 0.469 e. The first-order valence-corrected chi connectivity index (χ1v) is 16.7. The first kappa shape index (κ1) is 31.5. The summed E-state index contributed by atoms with van der Waals surface area (Å²) in [5.74, 6) is -0.141. The Labute approximate surface area is 281 Å². The SMILES string of the molecule is CCC1=C(C)C2=NC1=CC1=C(C)C3=C(NO)CC(=C4NC(=CC5=NC(=C2)C(/C=C/c2ccccc2)=C5C)[C@@H](C)[C@@H]4CCC(=O)OC)C3=N1. The normalized spacial score (nSPS) is 23.1. The number of carbonyl (C=O) groups excluding carboxylic acids is 1. The Balaban J connectivity index is 1.44. The van der Waals surface area contributed by atoms with Gasteiger partial charge in [0.2, 0.25) is 0 Å². The first-order valence-electron chi connectivity index (χ1n) is 16.7. The quantitative estimate of drug-likeness (QED) is 0.209. The van der Waals surface area contributed by atoms with Gasteiger partial charge in [-0.1, -0.05) is 56.3 Å². The maximum absolute atomic E-state index is 12.3. The molecule has 8 nitrogen and oxygen atoms in total. The molecule has 1 aromatic carbocycles. The number of carbonyl (C=O) groups is 1. The van der Waals surface area contributed by atoms with E-state index in [9.17, 15) is 10.0 Å². The maximum atomic E-state index is 12.3. The van der Waals surface area contributed by atoms with Crippen molar-refractivity contribution >= 4 is 29.2 Å². The lowest BCUT2D eigenvalue weighted by molar-refractivity contribution is -0.140. The molecule has 0 amide bonds. The predicted octanol–water partition coefficient (Wildman–Crippen LogP) is 7.75. The smallest absolute Gasteiger partial charge is 0.305 e. The van der Waals surface area contributed by atoms with Crippen LogP contribution in [0.3, 0.4) is 0 Å². The Morgan fingerprint density at radius 2 is 1.75 bits per heavy atom. The molecular weight excluding hydrogens is 598 g/mol. The number of ether oxygens (including phenoxy) is 1. The van der Waals surface area contributed by atoms with Gasteiger partial charge in [-0.25, -0.2) is 15.0 Å². The number of rotatable bonds is 7. The van der Waals surface area contributed by atoms with E-state index in [0.29, 0.717) is 19.3 Å². The second kappa shape index (κ2) is 12.5. The van der Waals surface area contributed by atoms with Gasteiger partial charge in [0, 0.05) is 52.8 Å². The summed E-state index contributed by atoms with van der Waals surface area (Å²) < 4.78 is 5.03. The van der Waals surface area contributed by atoms with E-state index in [1.807, 2.05) is 18.2 Å². The molecule has 1 aromatic rings. The summed E-state index contributed by atoms with van der Waals surface area (Å²) in [5.41, 5.74) is 19.0. The number of nitrogens with zero attached hydrogens (tertiary/aromatic N) is 3. The zero-order valence-corrected chi connectivity index (χ0v) is 28.4. The molecule has 8 heteroatoms. The molecule has 1 aliphatic carbocycles. The van der Waals surface area contributed by atoms with Crippen molar-refractivity contribution in [3.05, 3.63) is 133 Å². The third-order valence-electron chi connectivity index (χ3n) is 10.4. The zero-order chi connectivity index (χ0) is 33.7. The predicted molar refractivity (Wildman–Crippen MR) is 191 cm³/mol. The summed E-state index contributed by atoms with van der Waals surface area (Å²) in [7, 11) is 1.43. The molecular formula is C40H41N5O3. The third-order valence-corrected chi connectivity index (χ3v) is 10.4. The molecule has 8 bridgehead atoms. The zero-order valence-electron chi connectivity index (χ0n) is 28.4. The van der Waals surface area contributed by atoms with Crippen LogP contribution in [0, 0.1) is 11.8 Å². The van der Waals surface area contributed by atoms with Gasteiger partial charge in [-0.15, -0.1) is 0 Å². The molecule has 0 spiro atoms. The Hall–Kier alpha value is -5.08. The average molecular weight is 640 g/mol. The molecule has 0 unspecified atom stereocenters. The van der Waals surface area contributed by atoms with E-state index in [2.05, 4.69) is 87.9 Å². The summed E-state index contributed by atoms with van der Waals surface area (Å²) in [6, 6.07) is 10.3. The summed E-state index contributed by atoms with van der Waals surface area (Å²) in [5, 5.41) is 14.1. The van der Waals surface area contributed by atoms with Crippen LogP contribution in [0.1, 0.15) is 65.9 Å². The van der Waals surface area contributed by atoms with Crippen LogP contribution in [-0.2, 0) is 9.53 Å². The van der Waals surface area contributed by atoms with Crippen LogP contribution < -0.4 is 10.8 Å². The summed E-state index contributed by atoms with van der Waals surface area (Å²) in [4.78, 5) is 27.9. The minimum atomic E-state index is -0.232. The summed E-state index contributed by atoms with van der Waals surface area (Å²) >= 11 is 0. The van der Waals surface area contributed by atoms with Gasteiger partial charge >= 0.3 is 5.97 Å². The van der Waals surface area contributed by atoms with Crippen LogP contribution in [0.2, 0.25) is 0 Å². The second-order valence-electron chi connectivity index (χ2n) is 13.0. The molecule has 1 saturated heterocycles. The van der Waals surface area contributed by atoms with E-state index >= 15 is 0 Å². The van der Waals surface area contributed by atoms with Crippen LogP contribution in [0.5, 0.6) is 0 Å². The minimum Gasteiger partial charge on any atom is -0.469 e. The van der Waals surface area contributed by atoms with Crippen molar-refractivity contribution in [2.75, 3.05) is 7.11 Å². The summed E-state index contributed by atoms with van der Waals surface area (Å²) in [6.45, 7) is 10.7. The first-order chi connectivity index (χ1) is 23.2. The van der Waals surface area contributed by atoms with E-state index < -0.39 is 0 Å². The fraction of sp³-hybridized carbons (Fsp3) is 0.300. The molecule has 1 fully saturated rings. The van der Waals surface area contributed by atoms with Crippen molar-refractivity contribution in [1.29, 1.82) is 0 Å². The molecule has 5 heterocycles. The lowest BCUT2D eigenvalue weighted by Gasteiger charge is -2.17. The molecule has 6 aliphatic rings. The molecule has 0 aromatic heterocycles. The highest BCUT2D eigenvalue weighted by molar-refractivity contribution is 6.21. The van der Waals surface area contributed by atoms with Crippen LogP contribution in [-0.4, -0.2) is 35.4 Å². The number of hydrogen-bond acceptors (Lipinski definition) is 8. The lowest BCUT2D eigenvalue weighted by Crippen LogP contribution is -2.16. The molecule has 244 valence electrons. The van der Waals surface area contributed by atoms with Gasteiger partial charge in [0.15, 0.2) is 0 Å². The monoisotopic (exact) mass is 639 g/mol. The topological polar surface area (TPSA) is 108 Å². The van der Waals surface area contributed by atoms with Crippen LogP contribution >= 0.6 is 0 Å². The van der Waals surface area contributed by atoms with Gasteiger partial charge in [-0.05, 0) is 79.7 Å². The highest BCUT2D eigenvalue weighted by Gasteiger charge is 2.41. The highest BCUT2D eigenvalue weighted by Crippen LogP contribution is 2.46. The van der Waals surface area contributed by atoms with Crippen molar-refractivity contribution in [2.24, 2.45) is 26.8 Å². The van der Waals surface area contributed by atoms with E-state index in [0.717, 1.165) is 96.7 Å². The Bertz CT molecular complexity index is 2020. The fourth-order valence-corrected chi connectivity index (χ4v) is 7.58. The van der Waals surface area contributed by atoms with Gasteiger partial charge in [0.25, 0.3) is 0 Å². The number of allylic oxidation sites excluding steroid dienone is 12. The Morgan fingerprint density at radius 3 is 2.48 bits per heavy atom. The number of benzene rings is 1. The number of fused-ring (bicyclic) bond motifs is 5. The van der Waals surface area contributed by atoms with Gasteiger partial charge < -0.3 is 10.1 Å². The number of hydroxylamine groups is 1. The molecule has 48 heavy (non-hydrogen) atoms. The van der Waals surface area contributed by atoms with Crippen molar-refractivity contribution in [2.45, 2.75) is 60.3 Å². The molecule has 0 saturated carbocycles. The van der Waals surface area contributed by atoms with Gasteiger partial charge in [-0.3, -0.25) is 15.5 Å². The Morgan fingerprint density at radius 1 is 1.00 bits per heavy atom. The molecule has 0 radical (unpaired) electrons. The fourth-order valence-electron chi connectivity index (χ4n) is 7.58. The van der Waals surface area contributed by atoms with Gasteiger partial charge in [0.1, 0.15) is 0 Å². The Kier molecular flexibility index (Phi) is 8.21. The number of aliphatic imine (C=N–C) groups is 3. The average Bonchev–Trinajstić information content (AvgIpc) is 3.85. The van der Waals surface area contributed by atoms with Crippen molar-refractivity contribution in [3.63, 3.8) is 0 Å². The third kappa shape index (κ3) is 5.30. The second-order valence-corrected chi connectivity index (χ2v) is 13.0. The number of nitrogens with one attached hydrogen (secondary N) is 2. The molecule has 5 aliphatic heterocycles. The van der Waals surface area contributed by atoms with Crippen LogP contribution in [0.15, 0.2) is 143 Å². The minimum absolute atomic E-state index is 0.0170. The van der Waals surface area contributed by atoms with E-state index in [4.69, 9.17) is 19.7 Å². The molecule has 7 rings (SSSR count). The van der Waals surface area contributed by atoms with Gasteiger partial charge in [0.05, 0.1) is 47.0 Å². The number of esters is 1. The lowest BCUT2D eigenvalue weighted by atomic mass is 9.86. The number of hydrogen-bond donors (Lipinski definition) is 3. The molecule has 3 N–H and O–H groups in total. The summed E-state index contributed by atoms with van der Waals surface area (Å²) in [6.07, 6.45) is 12.9. The van der Waals surface area contributed by atoms with E-state index in [-0.39, 0.29) is 17.8 Å². The molecule has 2 atom stereocenters. The van der Waals surface area contributed by atoms with Crippen molar-refractivity contribution in [1.82, 2.24) is 10.8 Å². The standard InChI is InChI=1S/C40H41N5O3/c1-7-26-21(2)31-19-35-27(14-13-25-11-9-8-10-12-25)22(3)30(42-35)18-32-23(4)28(15-16-37(46)48-6)39(43-32)29-17-36(45-47)38-24(5)33(44-40(29)38)20-34(26)41-31/h8-14,18-20,23,28,43,45,47H,7,15-17H2,1-6H3/b14-13+,32-18?,34-20?,35-19?,39-29?/t23-,28-/m0/s1. The van der Waals surface area contributed by atoms with Crippen LogP contribution in [0.4, 0.5) is 0 Å². The van der Waals surface area contributed by atoms with Gasteiger partial charge in [-0.2, -0.15) is 0 Å². The van der Waals surface area contributed by atoms with Crippen LogP contribution in [0.25, 0.3) is 6.08 Å². The van der Waals surface area contributed by atoms with Crippen molar-refractivity contribution < 1.29 is 14.7 Å². The highest BCUT2D eigenvalue weighted by atomic mass is 16.5. The number of methoxy groups -OCH3 is 1. The maximum Gasteiger partial charge on any atom is 0.305 e. The van der Waals surface area contributed by atoms with E-state index in [1.54, 1.807) is 0 Å². The van der Waals surface area contributed by atoms with E-state index in [1.165, 1.54) is 12.7 Å². The van der Waals surface area contributed by atoms with Crippen molar-refractivity contribution in [3.8, 4) is 0 Å².